The summed E-state index contributed by atoms with van der Waals surface area (Å²) >= 11 is 1.69. The van der Waals surface area contributed by atoms with Gasteiger partial charge in [-0.1, -0.05) is 24.3 Å². The van der Waals surface area contributed by atoms with E-state index in [0.29, 0.717) is 17.9 Å². The Balaban J connectivity index is 1.38. The number of amides is 1. The number of nitrogens with one attached hydrogen (secondary N) is 1. The quantitative estimate of drug-likeness (QED) is 0.601. The molecular formula is C20H18N2O3S. The van der Waals surface area contributed by atoms with E-state index in [-0.39, 0.29) is 12.7 Å². The lowest BCUT2D eigenvalue weighted by atomic mass is 10.1. The van der Waals surface area contributed by atoms with Crippen LogP contribution in [0.25, 0.3) is 6.08 Å². The number of ether oxygens (including phenoxy) is 2. The number of nitriles is 1. The second kappa shape index (κ2) is 8.97. The second-order valence-electron chi connectivity index (χ2n) is 5.56. The summed E-state index contributed by atoms with van der Waals surface area (Å²) in [5, 5.41) is 11.9. The molecule has 1 aliphatic rings. The van der Waals surface area contributed by atoms with Crippen LogP contribution in [0.3, 0.4) is 0 Å². The fraction of sp³-hybridized carbons (Fsp3) is 0.200. The molecule has 26 heavy (non-hydrogen) atoms. The van der Waals surface area contributed by atoms with E-state index in [1.807, 2.05) is 42.5 Å². The SMILES string of the molecule is N#Cc1ccccc1CSCCNC(=O)/C=C/c1ccc2c(c1)OCO2. The lowest BCUT2D eigenvalue weighted by Crippen LogP contribution is -2.23. The molecule has 0 atom stereocenters. The van der Waals surface area contributed by atoms with E-state index in [1.165, 1.54) is 6.08 Å². The highest BCUT2D eigenvalue weighted by molar-refractivity contribution is 7.98. The number of hydrogen-bond donors (Lipinski definition) is 1. The molecular weight excluding hydrogens is 348 g/mol. The van der Waals surface area contributed by atoms with E-state index in [4.69, 9.17) is 14.7 Å². The Bertz CT molecular complexity index is 858. The van der Waals surface area contributed by atoms with Gasteiger partial charge in [-0.05, 0) is 35.4 Å². The average Bonchev–Trinajstić information content (AvgIpc) is 3.14. The maximum absolute atomic E-state index is 11.9. The highest BCUT2D eigenvalue weighted by atomic mass is 32.2. The van der Waals surface area contributed by atoms with E-state index in [2.05, 4.69) is 11.4 Å². The number of fused-ring (bicyclic) bond motifs is 1. The number of benzene rings is 2. The summed E-state index contributed by atoms with van der Waals surface area (Å²) in [5.74, 6) is 2.82. The predicted molar refractivity (Wildman–Crippen MR) is 102 cm³/mol. The van der Waals surface area contributed by atoms with Gasteiger partial charge in [-0.25, -0.2) is 0 Å². The zero-order valence-corrected chi connectivity index (χ0v) is 14.9. The molecule has 2 aromatic carbocycles. The molecule has 5 nitrogen and oxygen atoms in total. The van der Waals surface area contributed by atoms with Crippen LogP contribution in [-0.4, -0.2) is 25.0 Å². The molecule has 0 fully saturated rings. The monoisotopic (exact) mass is 366 g/mol. The normalized spacial score (nSPS) is 12.1. The Morgan fingerprint density at radius 1 is 1.23 bits per heavy atom. The number of carbonyl (C=O) groups excluding carboxylic acids is 1. The van der Waals surface area contributed by atoms with Crippen LogP contribution in [0.4, 0.5) is 0 Å². The summed E-state index contributed by atoms with van der Waals surface area (Å²) in [6.07, 6.45) is 3.25. The maximum atomic E-state index is 11.9. The minimum Gasteiger partial charge on any atom is -0.454 e. The Hall–Kier alpha value is -2.91. The van der Waals surface area contributed by atoms with Gasteiger partial charge in [0, 0.05) is 24.1 Å². The van der Waals surface area contributed by atoms with Crippen LogP contribution in [0, 0.1) is 11.3 Å². The average molecular weight is 366 g/mol. The number of rotatable bonds is 7. The van der Waals surface area contributed by atoms with Crippen molar-refractivity contribution in [1.29, 1.82) is 5.26 Å². The Labute approximate surface area is 156 Å². The molecule has 0 saturated heterocycles. The lowest BCUT2D eigenvalue weighted by molar-refractivity contribution is -0.116. The maximum Gasteiger partial charge on any atom is 0.244 e. The fourth-order valence-corrected chi connectivity index (χ4v) is 3.29. The third kappa shape index (κ3) is 4.80. The summed E-state index contributed by atoms with van der Waals surface area (Å²) in [6, 6.07) is 15.3. The molecule has 3 rings (SSSR count). The summed E-state index contributed by atoms with van der Waals surface area (Å²) in [7, 11) is 0. The number of carbonyl (C=O) groups is 1. The van der Waals surface area contributed by atoms with Crippen molar-refractivity contribution in [3.05, 3.63) is 65.2 Å². The van der Waals surface area contributed by atoms with Gasteiger partial charge >= 0.3 is 0 Å². The lowest BCUT2D eigenvalue weighted by Gasteiger charge is -2.04. The minimum atomic E-state index is -0.138. The van der Waals surface area contributed by atoms with Crippen LogP contribution < -0.4 is 14.8 Å². The van der Waals surface area contributed by atoms with Gasteiger partial charge < -0.3 is 14.8 Å². The first-order valence-corrected chi connectivity index (χ1v) is 9.33. The molecule has 0 unspecified atom stereocenters. The molecule has 0 saturated carbocycles. The molecule has 0 bridgehead atoms. The minimum absolute atomic E-state index is 0.138. The van der Waals surface area contributed by atoms with Crippen LogP contribution in [0.1, 0.15) is 16.7 Å². The molecule has 0 spiro atoms. The van der Waals surface area contributed by atoms with Gasteiger partial charge in [-0.15, -0.1) is 0 Å². The van der Waals surface area contributed by atoms with Crippen LogP contribution in [0.15, 0.2) is 48.5 Å². The largest absolute Gasteiger partial charge is 0.454 e. The van der Waals surface area contributed by atoms with Crippen molar-refractivity contribution in [2.45, 2.75) is 5.75 Å². The summed E-state index contributed by atoms with van der Waals surface area (Å²) in [6.45, 7) is 0.809. The molecule has 0 radical (unpaired) electrons. The highest BCUT2D eigenvalue weighted by Crippen LogP contribution is 2.32. The zero-order valence-electron chi connectivity index (χ0n) is 14.1. The van der Waals surface area contributed by atoms with Gasteiger partial charge in [-0.2, -0.15) is 17.0 Å². The van der Waals surface area contributed by atoms with Crippen molar-refractivity contribution in [2.24, 2.45) is 0 Å². The van der Waals surface area contributed by atoms with E-state index < -0.39 is 0 Å². The van der Waals surface area contributed by atoms with Crippen LogP contribution >= 0.6 is 11.8 Å². The third-order valence-corrected chi connectivity index (χ3v) is 4.77. The van der Waals surface area contributed by atoms with Gasteiger partial charge in [0.15, 0.2) is 11.5 Å². The standard InChI is InChI=1S/C20H18N2O3S/c21-12-16-3-1-2-4-17(16)13-26-10-9-22-20(23)8-6-15-5-7-18-19(11-15)25-14-24-18/h1-8,11H,9-10,13-14H2,(H,22,23)/b8-6+. The number of hydrogen-bond acceptors (Lipinski definition) is 5. The van der Waals surface area contributed by atoms with Crippen molar-refractivity contribution in [3.8, 4) is 17.6 Å². The first kappa shape index (κ1) is 17.9. The van der Waals surface area contributed by atoms with Gasteiger partial charge in [0.2, 0.25) is 12.7 Å². The Kier molecular flexibility index (Phi) is 6.18. The van der Waals surface area contributed by atoms with Crippen LogP contribution in [-0.2, 0) is 10.5 Å². The summed E-state index contributed by atoms with van der Waals surface area (Å²) in [4.78, 5) is 11.9. The number of thioether (sulfide) groups is 1. The summed E-state index contributed by atoms with van der Waals surface area (Å²) < 4.78 is 10.6. The van der Waals surface area contributed by atoms with Crippen molar-refractivity contribution < 1.29 is 14.3 Å². The van der Waals surface area contributed by atoms with Crippen molar-refractivity contribution >= 4 is 23.7 Å². The van der Waals surface area contributed by atoms with Gasteiger partial charge in [0.05, 0.1) is 11.6 Å². The van der Waals surface area contributed by atoms with Gasteiger partial charge in [0.25, 0.3) is 0 Å². The van der Waals surface area contributed by atoms with E-state index >= 15 is 0 Å². The summed E-state index contributed by atoms with van der Waals surface area (Å²) in [5.41, 5.74) is 2.61. The van der Waals surface area contributed by atoms with Crippen molar-refractivity contribution in [2.75, 3.05) is 19.1 Å². The van der Waals surface area contributed by atoms with Gasteiger partial charge in [-0.3, -0.25) is 4.79 Å². The molecule has 2 aromatic rings. The van der Waals surface area contributed by atoms with Gasteiger partial charge in [0.1, 0.15) is 0 Å². The molecule has 132 valence electrons. The van der Waals surface area contributed by atoms with Crippen LogP contribution in [0.5, 0.6) is 11.5 Å². The Morgan fingerprint density at radius 2 is 2.08 bits per heavy atom. The molecule has 1 aliphatic heterocycles. The first-order valence-electron chi connectivity index (χ1n) is 8.17. The smallest absolute Gasteiger partial charge is 0.244 e. The van der Waals surface area contributed by atoms with E-state index in [1.54, 1.807) is 17.8 Å². The number of nitrogens with zero attached hydrogens (tertiary/aromatic N) is 1. The fourth-order valence-electron chi connectivity index (χ4n) is 2.43. The zero-order chi connectivity index (χ0) is 18.2. The van der Waals surface area contributed by atoms with E-state index in [0.717, 1.165) is 28.4 Å². The first-order chi connectivity index (χ1) is 12.8. The van der Waals surface area contributed by atoms with Crippen molar-refractivity contribution in [1.82, 2.24) is 5.32 Å². The van der Waals surface area contributed by atoms with E-state index in [9.17, 15) is 4.79 Å². The molecule has 1 amide bonds. The third-order valence-electron chi connectivity index (χ3n) is 3.76. The topological polar surface area (TPSA) is 71.4 Å². The van der Waals surface area contributed by atoms with Crippen LogP contribution in [0.2, 0.25) is 0 Å². The molecule has 0 aromatic heterocycles. The molecule has 1 heterocycles. The predicted octanol–water partition coefficient (Wildman–Crippen LogP) is 3.35. The molecule has 1 N–H and O–H groups in total. The van der Waals surface area contributed by atoms with Crippen molar-refractivity contribution in [3.63, 3.8) is 0 Å². The Morgan fingerprint density at radius 3 is 2.96 bits per heavy atom. The second-order valence-corrected chi connectivity index (χ2v) is 6.66. The molecule has 0 aliphatic carbocycles. The highest BCUT2D eigenvalue weighted by Gasteiger charge is 2.12. The molecule has 6 heteroatoms.